The summed E-state index contributed by atoms with van der Waals surface area (Å²) in [4.78, 5) is 24.0. The molecule has 8 nitrogen and oxygen atoms in total. The number of pyridine rings is 1. The number of halogens is 3. The second-order valence-electron chi connectivity index (χ2n) is 14.3. The SMILES string of the molecule is CN(C)C1(C)CN(c2nc3c(F)c(-c4cccc5cccc(Cl)c45)c(Cl)cc3c3c2cnn3C2CCN(C(=O)OC(C)(C)C)CC2)C1. The summed E-state index contributed by atoms with van der Waals surface area (Å²) in [6.07, 6.45) is 2.89. The third-order valence-corrected chi connectivity index (χ3v) is 10.3. The Balaban J connectivity index is 1.37. The van der Waals surface area contributed by atoms with Gasteiger partial charge in [0.15, 0.2) is 5.82 Å². The van der Waals surface area contributed by atoms with E-state index in [1.807, 2.05) is 68.0 Å². The van der Waals surface area contributed by atoms with Crippen LogP contribution in [0.1, 0.15) is 46.6 Å². The second kappa shape index (κ2) is 11.5. The smallest absolute Gasteiger partial charge is 0.410 e. The first-order valence-electron chi connectivity index (χ1n) is 16.0. The van der Waals surface area contributed by atoms with Crippen LogP contribution in [0.4, 0.5) is 15.0 Å². The van der Waals surface area contributed by atoms with Gasteiger partial charge in [0, 0.05) is 47.5 Å². The molecule has 0 unspecified atom stereocenters. The Morgan fingerprint density at radius 1 is 1.04 bits per heavy atom. The largest absolute Gasteiger partial charge is 0.444 e. The number of carbonyl (C=O) groups is 1. The van der Waals surface area contributed by atoms with E-state index in [-0.39, 0.29) is 33.8 Å². The first-order chi connectivity index (χ1) is 22.3. The molecule has 0 bridgehead atoms. The van der Waals surface area contributed by atoms with Crippen molar-refractivity contribution in [3.05, 3.63) is 64.5 Å². The molecule has 0 radical (unpaired) electrons. The first-order valence-corrected chi connectivity index (χ1v) is 16.8. The van der Waals surface area contributed by atoms with Crippen molar-refractivity contribution in [2.75, 3.05) is 45.2 Å². The maximum Gasteiger partial charge on any atom is 0.410 e. The quantitative estimate of drug-likeness (QED) is 0.190. The van der Waals surface area contributed by atoms with Gasteiger partial charge < -0.3 is 19.4 Å². The van der Waals surface area contributed by atoms with Crippen LogP contribution in [-0.4, -0.2) is 82.1 Å². The van der Waals surface area contributed by atoms with Crippen molar-refractivity contribution >= 4 is 67.7 Å². The zero-order valence-electron chi connectivity index (χ0n) is 27.6. The number of amides is 1. The van der Waals surface area contributed by atoms with Crippen LogP contribution < -0.4 is 4.90 Å². The van der Waals surface area contributed by atoms with Crippen LogP contribution in [0.5, 0.6) is 0 Å². The average molecular weight is 678 g/mol. The lowest BCUT2D eigenvalue weighted by atomic mass is 9.90. The lowest BCUT2D eigenvalue weighted by molar-refractivity contribution is 0.0186. The number of anilines is 1. The normalized spacial score (nSPS) is 17.2. The van der Waals surface area contributed by atoms with E-state index in [1.54, 1.807) is 11.0 Å². The van der Waals surface area contributed by atoms with E-state index in [0.717, 1.165) is 34.8 Å². The second-order valence-corrected chi connectivity index (χ2v) is 15.1. The molecule has 2 fully saturated rings. The van der Waals surface area contributed by atoms with E-state index in [9.17, 15) is 4.79 Å². The highest BCUT2D eigenvalue weighted by Crippen LogP contribution is 2.45. The number of likely N-dealkylation sites (N-methyl/N-ethyl adjacent to an activating group) is 1. The van der Waals surface area contributed by atoms with Gasteiger partial charge in [-0.15, -0.1) is 0 Å². The van der Waals surface area contributed by atoms with Crippen molar-refractivity contribution in [1.29, 1.82) is 0 Å². The summed E-state index contributed by atoms with van der Waals surface area (Å²) in [6.45, 7) is 10.4. The Morgan fingerprint density at radius 3 is 2.38 bits per heavy atom. The van der Waals surface area contributed by atoms with Crippen molar-refractivity contribution in [1.82, 2.24) is 24.6 Å². The van der Waals surface area contributed by atoms with Gasteiger partial charge in [0.2, 0.25) is 0 Å². The molecule has 4 heterocycles. The fourth-order valence-electron chi connectivity index (χ4n) is 6.96. The maximum absolute atomic E-state index is 17.1. The molecule has 11 heteroatoms. The van der Waals surface area contributed by atoms with Crippen LogP contribution in [0.15, 0.2) is 48.7 Å². The van der Waals surface area contributed by atoms with Crippen LogP contribution in [0, 0.1) is 5.82 Å². The number of likely N-dealkylation sites (tertiary alicyclic amines) is 1. The monoisotopic (exact) mass is 676 g/mol. The van der Waals surface area contributed by atoms with E-state index in [2.05, 4.69) is 30.8 Å². The van der Waals surface area contributed by atoms with Gasteiger partial charge in [0.25, 0.3) is 0 Å². The topological polar surface area (TPSA) is 66.7 Å². The lowest BCUT2D eigenvalue weighted by Gasteiger charge is -2.52. The highest BCUT2D eigenvalue weighted by atomic mass is 35.5. The molecule has 7 rings (SSSR count). The van der Waals surface area contributed by atoms with Gasteiger partial charge in [0.1, 0.15) is 16.9 Å². The zero-order valence-corrected chi connectivity index (χ0v) is 29.1. The Kier molecular flexibility index (Phi) is 7.81. The number of benzene rings is 3. The molecule has 3 aromatic carbocycles. The molecule has 0 aliphatic carbocycles. The Bertz CT molecular complexity index is 2040. The summed E-state index contributed by atoms with van der Waals surface area (Å²) < 4.78 is 24.7. The molecule has 2 aromatic heterocycles. The Labute approximate surface area is 284 Å². The van der Waals surface area contributed by atoms with Crippen molar-refractivity contribution in [3.63, 3.8) is 0 Å². The summed E-state index contributed by atoms with van der Waals surface area (Å²) in [5.74, 6) is 0.207. The van der Waals surface area contributed by atoms with Gasteiger partial charge in [-0.3, -0.25) is 4.68 Å². The molecule has 0 atom stereocenters. The molecule has 47 heavy (non-hydrogen) atoms. The highest BCUT2D eigenvalue weighted by molar-refractivity contribution is 6.38. The average Bonchev–Trinajstić information content (AvgIpc) is 3.44. The van der Waals surface area contributed by atoms with E-state index >= 15 is 4.39 Å². The standard InChI is InChI=1S/C36H39Cl2FN6O2/c1-35(2,3)47-34(46)43-15-13-22(14-16-43)45-32-24-17-27(38)29(23-11-7-9-21-10-8-12-26(37)28(21)23)30(39)31(24)41-33(25(32)18-40-45)44-19-36(4,20-44)42(5)6/h7-12,17-18,22H,13-16,19-20H2,1-6H3. The number of hydrogen-bond acceptors (Lipinski definition) is 6. The molecule has 0 saturated carbocycles. The summed E-state index contributed by atoms with van der Waals surface area (Å²) in [5, 5.41) is 8.77. The lowest BCUT2D eigenvalue weighted by Crippen LogP contribution is -2.67. The molecular weight excluding hydrogens is 638 g/mol. The fraction of sp³-hybridized carbons (Fsp3) is 0.417. The predicted molar refractivity (Wildman–Crippen MR) is 188 cm³/mol. The molecule has 2 aliphatic heterocycles. The van der Waals surface area contributed by atoms with Gasteiger partial charge >= 0.3 is 6.09 Å². The molecule has 2 aliphatic rings. The molecular formula is C36H39Cl2FN6O2. The maximum atomic E-state index is 17.1. The summed E-state index contributed by atoms with van der Waals surface area (Å²) >= 11 is 13.7. The number of piperidine rings is 1. The molecule has 0 spiro atoms. The van der Waals surface area contributed by atoms with Gasteiger partial charge in [-0.05, 0) is 77.7 Å². The molecule has 2 saturated heterocycles. The summed E-state index contributed by atoms with van der Waals surface area (Å²) in [7, 11) is 4.15. The minimum atomic E-state index is -0.562. The number of rotatable bonds is 4. The van der Waals surface area contributed by atoms with Gasteiger partial charge in [-0.2, -0.15) is 5.10 Å². The predicted octanol–water partition coefficient (Wildman–Crippen LogP) is 8.56. The molecule has 0 N–H and O–H groups in total. The van der Waals surface area contributed by atoms with Crippen LogP contribution in [-0.2, 0) is 4.74 Å². The van der Waals surface area contributed by atoms with Crippen molar-refractivity contribution in [2.24, 2.45) is 0 Å². The van der Waals surface area contributed by atoms with E-state index < -0.39 is 11.4 Å². The number of carbonyl (C=O) groups excluding carboxylic acids is 1. The van der Waals surface area contributed by atoms with Crippen molar-refractivity contribution < 1.29 is 13.9 Å². The number of nitrogens with zero attached hydrogens (tertiary/aromatic N) is 6. The Morgan fingerprint density at radius 2 is 1.72 bits per heavy atom. The Hall–Kier alpha value is -3.66. The summed E-state index contributed by atoms with van der Waals surface area (Å²) in [6, 6.07) is 13.1. The van der Waals surface area contributed by atoms with Crippen molar-refractivity contribution in [2.45, 2.75) is 57.7 Å². The minimum absolute atomic E-state index is 0.00791. The zero-order chi connectivity index (χ0) is 33.4. The number of hydrogen-bond donors (Lipinski definition) is 0. The van der Waals surface area contributed by atoms with Crippen LogP contribution in [0.3, 0.4) is 0 Å². The molecule has 1 amide bonds. The number of aromatic nitrogens is 3. The third-order valence-electron chi connectivity index (χ3n) is 9.73. The van der Waals surface area contributed by atoms with E-state index in [4.69, 9.17) is 38.0 Å². The summed E-state index contributed by atoms with van der Waals surface area (Å²) in [5.41, 5.74) is 1.33. The third kappa shape index (κ3) is 5.46. The van der Waals surface area contributed by atoms with Crippen LogP contribution in [0.2, 0.25) is 10.0 Å². The van der Waals surface area contributed by atoms with Crippen LogP contribution >= 0.6 is 23.2 Å². The number of ether oxygens (including phenoxy) is 1. The van der Waals surface area contributed by atoms with Gasteiger partial charge in [0.05, 0.1) is 33.7 Å². The minimum Gasteiger partial charge on any atom is -0.444 e. The van der Waals surface area contributed by atoms with Crippen molar-refractivity contribution in [3.8, 4) is 11.1 Å². The molecule has 246 valence electrons. The van der Waals surface area contributed by atoms with Gasteiger partial charge in [-0.25, -0.2) is 14.2 Å². The van der Waals surface area contributed by atoms with E-state index in [0.29, 0.717) is 47.7 Å². The number of fused-ring (bicyclic) bond motifs is 4. The van der Waals surface area contributed by atoms with E-state index in [1.165, 1.54) is 0 Å². The van der Waals surface area contributed by atoms with Crippen LogP contribution in [0.25, 0.3) is 43.7 Å². The fourth-order valence-corrected chi connectivity index (χ4v) is 7.53. The molecule has 5 aromatic rings. The van der Waals surface area contributed by atoms with Gasteiger partial charge in [-0.1, -0.05) is 53.5 Å². The highest BCUT2D eigenvalue weighted by Gasteiger charge is 2.42. The first kappa shape index (κ1) is 31.9.